The van der Waals surface area contributed by atoms with Crippen LogP contribution in [-0.2, 0) is 4.79 Å². The zero-order valence-electron chi connectivity index (χ0n) is 9.93. The number of carbonyl (C=O) groups excluding carboxylic acids is 1. The molecule has 17 heavy (non-hydrogen) atoms. The first-order valence-electron chi connectivity index (χ1n) is 5.90. The first-order valence-corrected chi connectivity index (χ1v) is 6.31. The first kappa shape index (κ1) is 12.2. The van der Waals surface area contributed by atoms with Gasteiger partial charge < -0.3 is 4.90 Å². The molecule has 1 aromatic rings. The lowest BCUT2D eigenvalue weighted by Gasteiger charge is -2.28. The number of aromatic nitrogens is 1. The Kier molecular flexibility index (Phi) is 3.84. The molecule has 1 aromatic heterocycles. The van der Waals surface area contributed by atoms with Crippen LogP contribution >= 0.6 is 12.2 Å². The standard InChI is InChI=1S/C13H16N2OS/c1-15(10-5-4-8-14-9-10)13(17)11-6-2-3-7-12(11)16/h4-5,8-9,11H,2-3,6-7H2,1H3. The SMILES string of the molecule is CN(C(=S)C1CCCCC1=O)c1cccnc1. The van der Waals surface area contributed by atoms with E-state index in [0.29, 0.717) is 6.42 Å². The number of pyridine rings is 1. The van der Waals surface area contributed by atoms with E-state index in [1.165, 1.54) is 0 Å². The molecule has 0 amide bonds. The van der Waals surface area contributed by atoms with Crippen molar-refractivity contribution in [2.24, 2.45) is 5.92 Å². The number of carbonyl (C=O) groups is 1. The van der Waals surface area contributed by atoms with E-state index in [9.17, 15) is 4.79 Å². The Labute approximate surface area is 107 Å². The van der Waals surface area contributed by atoms with Crippen molar-refractivity contribution >= 4 is 28.7 Å². The lowest BCUT2D eigenvalue weighted by Crippen LogP contribution is -2.37. The molecule has 0 saturated heterocycles. The second kappa shape index (κ2) is 5.36. The van der Waals surface area contributed by atoms with Gasteiger partial charge in [-0.15, -0.1) is 0 Å². The van der Waals surface area contributed by atoms with Crippen LogP contribution in [0.15, 0.2) is 24.5 Å². The van der Waals surface area contributed by atoms with Gasteiger partial charge in [-0.2, -0.15) is 0 Å². The zero-order chi connectivity index (χ0) is 12.3. The molecule has 0 N–H and O–H groups in total. The second-order valence-electron chi connectivity index (χ2n) is 4.37. The van der Waals surface area contributed by atoms with Crippen molar-refractivity contribution in [3.8, 4) is 0 Å². The van der Waals surface area contributed by atoms with Crippen LogP contribution in [-0.4, -0.2) is 22.8 Å². The summed E-state index contributed by atoms with van der Waals surface area (Å²) in [5.74, 6) is 0.209. The summed E-state index contributed by atoms with van der Waals surface area (Å²) in [5.41, 5.74) is 0.941. The Morgan fingerprint density at radius 1 is 1.53 bits per heavy atom. The highest BCUT2D eigenvalue weighted by molar-refractivity contribution is 7.80. The highest BCUT2D eigenvalue weighted by Crippen LogP contribution is 2.25. The number of anilines is 1. The fourth-order valence-corrected chi connectivity index (χ4v) is 2.51. The van der Waals surface area contributed by atoms with Gasteiger partial charge in [0.25, 0.3) is 0 Å². The Hall–Kier alpha value is -1.29. The molecule has 90 valence electrons. The third-order valence-electron chi connectivity index (χ3n) is 3.22. The molecule has 0 radical (unpaired) electrons. The van der Waals surface area contributed by atoms with Gasteiger partial charge in [-0.05, 0) is 25.0 Å². The summed E-state index contributed by atoms with van der Waals surface area (Å²) in [6.45, 7) is 0. The summed E-state index contributed by atoms with van der Waals surface area (Å²) in [6, 6.07) is 3.82. The highest BCUT2D eigenvalue weighted by Gasteiger charge is 2.28. The predicted octanol–water partition coefficient (Wildman–Crippen LogP) is 2.60. The van der Waals surface area contributed by atoms with Gasteiger partial charge in [0.05, 0.1) is 22.8 Å². The van der Waals surface area contributed by atoms with E-state index in [1.807, 2.05) is 24.1 Å². The van der Waals surface area contributed by atoms with Crippen LogP contribution in [0.25, 0.3) is 0 Å². The molecule has 1 aliphatic carbocycles. The maximum absolute atomic E-state index is 11.8. The van der Waals surface area contributed by atoms with E-state index in [4.69, 9.17) is 12.2 Å². The van der Waals surface area contributed by atoms with Crippen molar-refractivity contribution in [2.75, 3.05) is 11.9 Å². The molecule has 0 aromatic carbocycles. The monoisotopic (exact) mass is 248 g/mol. The summed E-state index contributed by atoms with van der Waals surface area (Å²) in [4.78, 5) is 18.5. The Bertz CT molecular complexity index is 419. The van der Waals surface area contributed by atoms with Crippen LogP contribution < -0.4 is 4.90 Å². The average molecular weight is 248 g/mol. The number of Topliss-reactive ketones (excluding diaryl/α,β-unsaturated/α-hetero) is 1. The van der Waals surface area contributed by atoms with Crippen LogP contribution in [0.3, 0.4) is 0 Å². The fourth-order valence-electron chi connectivity index (χ4n) is 2.16. The predicted molar refractivity (Wildman–Crippen MR) is 72.2 cm³/mol. The summed E-state index contributed by atoms with van der Waals surface area (Å²) in [5, 5.41) is 0. The van der Waals surface area contributed by atoms with Gasteiger partial charge in [-0.1, -0.05) is 18.6 Å². The second-order valence-corrected chi connectivity index (χ2v) is 4.79. The van der Waals surface area contributed by atoms with Crippen molar-refractivity contribution in [2.45, 2.75) is 25.7 Å². The molecule has 1 saturated carbocycles. The molecule has 1 fully saturated rings. The molecule has 1 atom stereocenters. The van der Waals surface area contributed by atoms with Gasteiger partial charge in [0.2, 0.25) is 0 Å². The van der Waals surface area contributed by atoms with Crippen LogP contribution in [0.2, 0.25) is 0 Å². The number of hydrogen-bond donors (Lipinski definition) is 0. The van der Waals surface area contributed by atoms with Crippen molar-refractivity contribution in [3.05, 3.63) is 24.5 Å². The molecule has 0 bridgehead atoms. The van der Waals surface area contributed by atoms with E-state index in [0.717, 1.165) is 29.9 Å². The van der Waals surface area contributed by atoms with Gasteiger partial charge in [-0.25, -0.2) is 0 Å². The first-order chi connectivity index (χ1) is 8.20. The lowest BCUT2D eigenvalue weighted by molar-refractivity contribution is -0.122. The van der Waals surface area contributed by atoms with Crippen molar-refractivity contribution in [3.63, 3.8) is 0 Å². The molecule has 1 unspecified atom stereocenters. The quantitative estimate of drug-likeness (QED) is 0.753. The molecule has 0 spiro atoms. The summed E-state index contributed by atoms with van der Waals surface area (Å²) in [6.07, 6.45) is 7.16. The van der Waals surface area contributed by atoms with Crippen LogP contribution in [0.1, 0.15) is 25.7 Å². The number of ketones is 1. The van der Waals surface area contributed by atoms with E-state index in [2.05, 4.69) is 4.98 Å². The largest absolute Gasteiger partial charge is 0.337 e. The molecular weight excluding hydrogens is 232 g/mol. The minimum atomic E-state index is -0.0797. The normalized spacial score (nSPS) is 20.1. The van der Waals surface area contributed by atoms with Crippen LogP contribution in [0, 0.1) is 5.92 Å². The topological polar surface area (TPSA) is 33.2 Å². The molecular formula is C13H16N2OS. The van der Waals surface area contributed by atoms with Gasteiger partial charge in [0, 0.05) is 19.7 Å². The highest BCUT2D eigenvalue weighted by atomic mass is 32.1. The van der Waals surface area contributed by atoms with E-state index in [-0.39, 0.29) is 11.7 Å². The smallest absolute Gasteiger partial charge is 0.142 e. The third-order valence-corrected chi connectivity index (χ3v) is 3.77. The molecule has 1 aliphatic rings. The number of rotatable bonds is 2. The Morgan fingerprint density at radius 2 is 2.35 bits per heavy atom. The van der Waals surface area contributed by atoms with Gasteiger partial charge in [-0.3, -0.25) is 9.78 Å². The maximum atomic E-state index is 11.8. The Morgan fingerprint density at radius 3 is 3.00 bits per heavy atom. The zero-order valence-corrected chi connectivity index (χ0v) is 10.7. The molecule has 3 nitrogen and oxygen atoms in total. The number of thiocarbonyl (C=S) groups is 1. The summed E-state index contributed by atoms with van der Waals surface area (Å²) in [7, 11) is 1.90. The van der Waals surface area contributed by atoms with Gasteiger partial charge in [0.1, 0.15) is 5.78 Å². The van der Waals surface area contributed by atoms with E-state index in [1.54, 1.807) is 12.4 Å². The minimum Gasteiger partial charge on any atom is -0.337 e. The van der Waals surface area contributed by atoms with Crippen molar-refractivity contribution < 1.29 is 4.79 Å². The van der Waals surface area contributed by atoms with E-state index < -0.39 is 0 Å². The van der Waals surface area contributed by atoms with Crippen LogP contribution in [0.4, 0.5) is 5.69 Å². The molecule has 2 rings (SSSR count). The molecule has 0 aliphatic heterocycles. The van der Waals surface area contributed by atoms with Crippen molar-refractivity contribution in [1.29, 1.82) is 0 Å². The molecule has 4 heteroatoms. The summed E-state index contributed by atoms with van der Waals surface area (Å²) >= 11 is 5.43. The lowest BCUT2D eigenvalue weighted by atomic mass is 9.87. The molecule has 1 heterocycles. The maximum Gasteiger partial charge on any atom is 0.142 e. The van der Waals surface area contributed by atoms with Gasteiger partial charge in [0.15, 0.2) is 0 Å². The fraction of sp³-hybridized carbons (Fsp3) is 0.462. The Balaban J connectivity index is 2.12. The van der Waals surface area contributed by atoms with Crippen molar-refractivity contribution in [1.82, 2.24) is 4.98 Å². The average Bonchev–Trinajstić information content (AvgIpc) is 2.39. The number of nitrogens with zero attached hydrogens (tertiary/aromatic N) is 2. The minimum absolute atomic E-state index is 0.0797. The van der Waals surface area contributed by atoms with E-state index >= 15 is 0 Å². The third kappa shape index (κ3) is 2.69. The van der Waals surface area contributed by atoms with Gasteiger partial charge >= 0.3 is 0 Å². The van der Waals surface area contributed by atoms with Crippen LogP contribution in [0.5, 0.6) is 0 Å². The summed E-state index contributed by atoms with van der Waals surface area (Å²) < 4.78 is 0. The number of hydrogen-bond acceptors (Lipinski definition) is 3.